The van der Waals surface area contributed by atoms with Crippen molar-refractivity contribution in [2.24, 2.45) is 0 Å². The number of hydrogen-bond acceptors (Lipinski definition) is 2. The molecule has 0 radical (unpaired) electrons. The monoisotopic (exact) mass is 260 g/mol. The molecule has 0 spiro atoms. The van der Waals surface area contributed by atoms with Gasteiger partial charge in [0.15, 0.2) is 5.15 Å². The van der Waals surface area contributed by atoms with E-state index in [0.29, 0.717) is 13.0 Å². The van der Waals surface area contributed by atoms with Crippen molar-refractivity contribution in [1.82, 2.24) is 9.55 Å². The van der Waals surface area contributed by atoms with Gasteiger partial charge in [-0.15, -0.1) is 12.3 Å². The summed E-state index contributed by atoms with van der Waals surface area (Å²) in [4.78, 5) is 15.2. The molecular weight excluding hydrogens is 255 g/mol. The van der Waals surface area contributed by atoms with Crippen LogP contribution in [0.2, 0.25) is 5.15 Å². The van der Waals surface area contributed by atoms with Gasteiger partial charge in [-0.2, -0.15) is 0 Å². The Kier molecular flexibility index (Phi) is 3.52. The fraction of sp³-hybridized carbons (Fsp3) is 0.250. The van der Waals surface area contributed by atoms with E-state index in [-0.39, 0.29) is 15.2 Å². The second-order valence-corrected chi connectivity index (χ2v) is 3.45. The normalized spacial score (nSPS) is 9.62. The van der Waals surface area contributed by atoms with Crippen LogP contribution in [0.3, 0.4) is 0 Å². The van der Waals surface area contributed by atoms with E-state index in [1.165, 1.54) is 10.9 Å². The lowest BCUT2D eigenvalue weighted by atomic mass is 10.4. The van der Waals surface area contributed by atoms with Crippen LogP contribution in [0.1, 0.15) is 6.42 Å². The van der Waals surface area contributed by atoms with Crippen LogP contribution in [0.25, 0.3) is 0 Å². The minimum Gasteiger partial charge on any atom is -0.297 e. The van der Waals surface area contributed by atoms with Crippen molar-refractivity contribution in [3.05, 3.63) is 26.3 Å². The average Bonchev–Trinajstić information content (AvgIpc) is 2.13. The maximum atomic E-state index is 11.4. The van der Waals surface area contributed by atoms with Crippen LogP contribution in [-0.4, -0.2) is 9.55 Å². The summed E-state index contributed by atoms with van der Waals surface area (Å²) in [6, 6.07) is 0. The molecule has 0 N–H and O–H groups in total. The molecule has 68 valence electrons. The Labute approximate surface area is 88.9 Å². The molecule has 1 rings (SSSR count). The molecule has 0 aliphatic rings. The molecule has 1 aromatic rings. The number of terminal acetylenes is 1. The first-order chi connectivity index (χ1) is 6.16. The molecule has 5 heteroatoms. The van der Waals surface area contributed by atoms with Crippen LogP contribution in [-0.2, 0) is 6.54 Å². The molecule has 0 fully saturated rings. The first-order valence-corrected chi connectivity index (χ1v) is 4.68. The molecule has 0 bridgehead atoms. The highest BCUT2D eigenvalue weighted by Crippen LogP contribution is 2.13. The van der Waals surface area contributed by atoms with Crippen LogP contribution < -0.4 is 5.56 Å². The third-order valence-electron chi connectivity index (χ3n) is 1.44. The molecule has 13 heavy (non-hydrogen) atoms. The number of rotatable bonds is 2. The smallest absolute Gasteiger partial charge is 0.269 e. The summed E-state index contributed by atoms with van der Waals surface area (Å²) >= 11 is 8.65. The molecule has 1 aromatic heterocycles. The minimum absolute atomic E-state index is 0.168. The van der Waals surface area contributed by atoms with Crippen molar-refractivity contribution in [2.75, 3.05) is 0 Å². The van der Waals surface area contributed by atoms with Crippen molar-refractivity contribution in [3.63, 3.8) is 0 Å². The second-order valence-electron chi connectivity index (χ2n) is 2.30. The highest BCUT2D eigenvalue weighted by Gasteiger charge is 2.05. The molecule has 0 unspecified atom stereocenters. The fourth-order valence-corrected chi connectivity index (χ4v) is 1.24. The molecule has 0 amide bonds. The van der Waals surface area contributed by atoms with Gasteiger partial charge in [0.1, 0.15) is 4.47 Å². The molecule has 3 nitrogen and oxygen atoms in total. The number of aromatic nitrogens is 2. The van der Waals surface area contributed by atoms with E-state index in [1.807, 2.05) is 0 Å². The lowest BCUT2D eigenvalue weighted by molar-refractivity contribution is 0.669. The van der Waals surface area contributed by atoms with Gasteiger partial charge >= 0.3 is 0 Å². The minimum atomic E-state index is -0.213. The van der Waals surface area contributed by atoms with Gasteiger partial charge in [0.25, 0.3) is 5.56 Å². The Morgan fingerprint density at radius 2 is 2.46 bits per heavy atom. The first kappa shape index (κ1) is 10.3. The third-order valence-corrected chi connectivity index (χ3v) is 2.67. The Morgan fingerprint density at radius 1 is 1.77 bits per heavy atom. The Balaban J connectivity index is 3.06. The Morgan fingerprint density at radius 3 is 3.08 bits per heavy atom. The zero-order valence-electron chi connectivity index (χ0n) is 6.63. The van der Waals surface area contributed by atoms with Gasteiger partial charge in [-0.05, 0) is 15.9 Å². The highest BCUT2D eigenvalue weighted by molar-refractivity contribution is 9.10. The van der Waals surface area contributed by atoms with Gasteiger partial charge in [0.05, 0.1) is 6.33 Å². The summed E-state index contributed by atoms with van der Waals surface area (Å²) in [6.45, 7) is 0.456. The Bertz CT molecular complexity index is 408. The molecular formula is C8H6BrClN2O. The predicted octanol–water partition coefficient (Wildman–Crippen LogP) is 1.68. The van der Waals surface area contributed by atoms with Crippen molar-refractivity contribution >= 4 is 27.5 Å². The zero-order chi connectivity index (χ0) is 9.84. The molecule has 0 aliphatic carbocycles. The highest BCUT2D eigenvalue weighted by atomic mass is 79.9. The number of nitrogens with zero attached hydrogens (tertiary/aromatic N) is 2. The van der Waals surface area contributed by atoms with Gasteiger partial charge in [-0.3, -0.25) is 9.36 Å². The van der Waals surface area contributed by atoms with Crippen LogP contribution >= 0.6 is 27.5 Å². The van der Waals surface area contributed by atoms with Gasteiger partial charge < -0.3 is 0 Å². The molecule has 1 heterocycles. The van der Waals surface area contributed by atoms with Gasteiger partial charge in [-0.25, -0.2) is 4.98 Å². The van der Waals surface area contributed by atoms with Crippen LogP contribution in [0.5, 0.6) is 0 Å². The number of halogens is 2. The second kappa shape index (κ2) is 4.45. The summed E-state index contributed by atoms with van der Waals surface area (Å²) in [6.07, 6.45) is 6.95. The largest absolute Gasteiger partial charge is 0.297 e. The van der Waals surface area contributed by atoms with E-state index < -0.39 is 0 Å². The van der Waals surface area contributed by atoms with E-state index in [2.05, 4.69) is 26.8 Å². The number of hydrogen-bond donors (Lipinski definition) is 0. The quantitative estimate of drug-likeness (QED) is 0.600. The molecule has 0 saturated carbocycles. The summed E-state index contributed by atoms with van der Waals surface area (Å²) in [5.41, 5.74) is -0.213. The zero-order valence-corrected chi connectivity index (χ0v) is 8.97. The summed E-state index contributed by atoms with van der Waals surface area (Å²) < 4.78 is 1.68. The lowest BCUT2D eigenvalue weighted by Crippen LogP contribution is -2.21. The summed E-state index contributed by atoms with van der Waals surface area (Å²) in [7, 11) is 0. The van der Waals surface area contributed by atoms with E-state index in [9.17, 15) is 4.79 Å². The van der Waals surface area contributed by atoms with Gasteiger partial charge in [-0.1, -0.05) is 11.6 Å². The first-order valence-electron chi connectivity index (χ1n) is 3.50. The maximum Gasteiger partial charge on any atom is 0.269 e. The van der Waals surface area contributed by atoms with Crippen molar-refractivity contribution in [3.8, 4) is 12.3 Å². The lowest BCUT2D eigenvalue weighted by Gasteiger charge is -2.02. The SMILES string of the molecule is C#CCCn1cnc(Cl)c(Br)c1=O. The van der Waals surface area contributed by atoms with Crippen molar-refractivity contribution < 1.29 is 0 Å². The average molecular weight is 262 g/mol. The third kappa shape index (κ3) is 2.33. The van der Waals surface area contributed by atoms with Gasteiger partial charge in [0.2, 0.25) is 0 Å². The molecule has 0 saturated heterocycles. The fourth-order valence-electron chi connectivity index (χ4n) is 0.788. The summed E-state index contributed by atoms with van der Waals surface area (Å²) in [5, 5.41) is 0.168. The molecule has 0 aromatic carbocycles. The Hall–Kier alpha value is -0.790. The topological polar surface area (TPSA) is 34.9 Å². The van der Waals surface area contributed by atoms with Crippen LogP contribution in [0, 0.1) is 12.3 Å². The van der Waals surface area contributed by atoms with E-state index in [0.717, 1.165) is 0 Å². The van der Waals surface area contributed by atoms with E-state index >= 15 is 0 Å². The molecule has 0 atom stereocenters. The van der Waals surface area contributed by atoms with Crippen molar-refractivity contribution in [1.29, 1.82) is 0 Å². The van der Waals surface area contributed by atoms with Crippen molar-refractivity contribution in [2.45, 2.75) is 13.0 Å². The van der Waals surface area contributed by atoms with Crippen LogP contribution in [0.4, 0.5) is 0 Å². The predicted molar refractivity (Wildman–Crippen MR) is 54.7 cm³/mol. The van der Waals surface area contributed by atoms with E-state index in [1.54, 1.807) is 0 Å². The van der Waals surface area contributed by atoms with Gasteiger partial charge in [0, 0.05) is 13.0 Å². The summed E-state index contributed by atoms with van der Waals surface area (Å²) in [5.74, 6) is 2.44. The number of aryl methyl sites for hydroxylation is 1. The maximum absolute atomic E-state index is 11.4. The standard InChI is InChI=1S/C8H6BrClN2O/c1-2-3-4-12-5-11-7(10)6(9)8(12)13/h1,5H,3-4H2. The van der Waals surface area contributed by atoms with E-state index in [4.69, 9.17) is 18.0 Å². The molecule has 0 aliphatic heterocycles. The van der Waals surface area contributed by atoms with Crippen LogP contribution in [0.15, 0.2) is 15.6 Å².